The van der Waals surface area contributed by atoms with Crippen molar-refractivity contribution in [2.45, 2.75) is 6.92 Å². The Morgan fingerprint density at radius 2 is 1.72 bits per heavy atom. The Bertz CT molecular complexity index is 359. The lowest BCUT2D eigenvalue weighted by Crippen LogP contribution is -2.47. The predicted molar refractivity (Wildman–Crippen MR) is 80.0 cm³/mol. The smallest absolute Gasteiger partial charge is 0.0407 e. The molecule has 1 saturated heterocycles. The molecule has 1 aromatic rings. The summed E-state index contributed by atoms with van der Waals surface area (Å²) in [5, 5.41) is 0.799. The van der Waals surface area contributed by atoms with Crippen LogP contribution in [0.25, 0.3) is 0 Å². The van der Waals surface area contributed by atoms with Crippen LogP contribution in [0, 0.1) is 5.92 Å². The fourth-order valence-electron chi connectivity index (χ4n) is 2.33. The highest BCUT2D eigenvalue weighted by molar-refractivity contribution is 6.30. The second-order valence-electron chi connectivity index (χ2n) is 5.02. The van der Waals surface area contributed by atoms with Crippen molar-refractivity contribution in [3.8, 4) is 0 Å². The molecule has 1 unspecified atom stereocenters. The number of nitrogens with zero attached hydrogens (tertiary/aromatic N) is 2. The molecule has 0 bridgehead atoms. The van der Waals surface area contributed by atoms with Crippen LogP contribution in [0.5, 0.6) is 0 Å². The quantitative estimate of drug-likeness (QED) is 0.784. The number of halogens is 2. The van der Waals surface area contributed by atoms with Gasteiger partial charge in [-0.2, -0.15) is 0 Å². The van der Waals surface area contributed by atoms with Gasteiger partial charge in [-0.05, 0) is 30.2 Å². The Labute approximate surface area is 119 Å². The standard InChI is InChI=1S/C14H20Cl2N2/c1-12(10-15)11-17-6-8-18(9-7-17)14-4-2-13(16)3-5-14/h2-5,12H,6-11H2,1H3. The maximum absolute atomic E-state index is 5.91. The first-order chi connectivity index (χ1) is 8.69. The predicted octanol–water partition coefficient (Wildman–Crippen LogP) is 3.34. The van der Waals surface area contributed by atoms with Crippen LogP contribution in [0.1, 0.15) is 6.92 Å². The van der Waals surface area contributed by atoms with Gasteiger partial charge in [-0.1, -0.05) is 18.5 Å². The minimum Gasteiger partial charge on any atom is -0.369 e. The van der Waals surface area contributed by atoms with Crippen molar-refractivity contribution in [3.05, 3.63) is 29.3 Å². The minimum absolute atomic E-state index is 0.578. The molecule has 0 radical (unpaired) electrons. The highest BCUT2D eigenvalue weighted by atomic mass is 35.5. The summed E-state index contributed by atoms with van der Waals surface area (Å²) in [4.78, 5) is 4.91. The molecule has 18 heavy (non-hydrogen) atoms. The van der Waals surface area contributed by atoms with Gasteiger partial charge in [0.05, 0.1) is 0 Å². The van der Waals surface area contributed by atoms with Gasteiger partial charge < -0.3 is 4.90 Å². The summed E-state index contributed by atoms with van der Waals surface area (Å²) >= 11 is 11.8. The van der Waals surface area contributed by atoms with Gasteiger partial charge in [-0.15, -0.1) is 11.6 Å². The van der Waals surface area contributed by atoms with Crippen molar-refractivity contribution in [1.29, 1.82) is 0 Å². The van der Waals surface area contributed by atoms with E-state index >= 15 is 0 Å². The number of rotatable bonds is 4. The van der Waals surface area contributed by atoms with E-state index in [4.69, 9.17) is 23.2 Å². The number of benzene rings is 1. The van der Waals surface area contributed by atoms with Gasteiger partial charge >= 0.3 is 0 Å². The lowest BCUT2D eigenvalue weighted by molar-refractivity contribution is 0.232. The van der Waals surface area contributed by atoms with E-state index in [1.54, 1.807) is 0 Å². The first kappa shape index (κ1) is 14.0. The van der Waals surface area contributed by atoms with Crippen LogP contribution in [0.3, 0.4) is 0 Å². The first-order valence-electron chi connectivity index (χ1n) is 6.48. The van der Waals surface area contributed by atoms with Gasteiger partial charge in [-0.25, -0.2) is 0 Å². The molecule has 0 amide bonds. The van der Waals surface area contributed by atoms with Crippen LogP contribution < -0.4 is 4.90 Å². The third-order valence-electron chi connectivity index (χ3n) is 3.40. The second kappa shape index (κ2) is 6.65. The van der Waals surface area contributed by atoms with E-state index in [-0.39, 0.29) is 0 Å². The van der Waals surface area contributed by atoms with E-state index in [0.717, 1.165) is 43.6 Å². The van der Waals surface area contributed by atoms with Gasteiger partial charge in [-0.3, -0.25) is 4.90 Å². The van der Waals surface area contributed by atoms with Gasteiger partial charge in [0.15, 0.2) is 0 Å². The van der Waals surface area contributed by atoms with Crippen molar-refractivity contribution in [2.24, 2.45) is 5.92 Å². The van der Waals surface area contributed by atoms with Crippen molar-refractivity contribution < 1.29 is 0 Å². The molecule has 2 nitrogen and oxygen atoms in total. The summed E-state index contributed by atoms with van der Waals surface area (Å²) in [6.45, 7) is 7.71. The van der Waals surface area contributed by atoms with E-state index in [9.17, 15) is 0 Å². The highest BCUT2D eigenvalue weighted by Gasteiger charge is 2.18. The van der Waals surface area contributed by atoms with E-state index < -0.39 is 0 Å². The fourth-order valence-corrected chi connectivity index (χ4v) is 2.55. The highest BCUT2D eigenvalue weighted by Crippen LogP contribution is 2.19. The fraction of sp³-hybridized carbons (Fsp3) is 0.571. The van der Waals surface area contributed by atoms with E-state index in [1.807, 2.05) is 12.1 Å². The molecule has 0 N–H and O–H groups in total. The lowest BCUT2D eigenvalue weighted by Gasteiger charge is -2.37. The van der Waals surface area contributed by atoms with Crippen molar-refractivity contribution in [1.82, 2.24) is 4.90 Å². The Morgan fingerprint density at radius 3 is 2.28 bits per heavy atom. The first-order valence-corrected chi connectivity index (χ1v) is 7.39. The van der Waals surface area contributed by atoms with Gasteiger partial charge in [0.2, 0.25) is 0 Å². The molecule has 1 aliphatic heterocycles. The monoisotopic (exact) mass is 286 g/mol. The number of hydrogen-bond acceptors (Lipinski definition) is 2. The third-order valence-corrected chi connectivity index (χ3v) is 4.18. The van der Waals surface area contributed by atoms with Gasteiger partial charge in [0, 0.05) is 49.3 Å². The number of piperazine rings is 1. The zero-order valence-corrected chi connectivity index (χ0v) is 12.3. The Hall–Kier alpha value is -0.440. The maximum atomic E-state index is 5.91. The van der Waals surface area contributed by atoms with Crippen molar-refractivity contribution in [2.75, 3.05) is 43.5 Å². The molecule has 0 aromatic heterocycles. The molecule has 1 aliphatic rings. The molecule has 2 rings (SSSR count). The van der Waals surface area contributed by atoms with E-state index in [0.29, 0.717) is 5.92 Å². The zero-order valence-electron chi connectivity index (χ0n) is 10.8. The molecule has 0 aliphatic carbocycles. The minimum atomic E-state index is 0.578. The molecule has 0 saturated carbocycles. The van der Waals surface area contributed by atoms with Gasteiger partial charge in [0.25, 0.3) is 0 Å². The summed E-state index contributed by atoms with van der Waals surface area (Å²) in [5.74, 6) is 1.32. The number of anilines is 1. The van der Waals surface area contributed by atoms with Crippen LogP contribution in [0.15, 0.2) is 24.3 Å². The Kier molecular flexibility index (Phi) is 5.16. The summed E-state index contributed by atoms with van der Waals surface area (Å²) in [6.07, 6.45) is 0. The SMILES string of the molecule is CC(CCl)CN1CCN(c2ccc(Cl)cc2)CC1. The summed E-state index contributed by atoms with van der Waals surface area (Å²) in [5.41, 5.74) is 1.27. The largest absolute Gasteiger partial charge is 0.369 e. The lowest BCUT2D eigenvalue weighted by atomic mass is 10.2. The number of alkyl halides is 1. The van der Waals surface area contributed by atoms with E-state index in [1.165, 1.54) is 5.69 Å². The average molecular weight is 287 g/mol. The van der Waals surface area contributed by atoms with Crippen LogP contribution in [0.4, 0.5) is 5.69 Å². The molecular formula is C14H20Cl2N2. The molecular weight excluding hydrogens is 267 g/mol. The van der Waals surface area contributed by atoms with Crippen molar-refractivity contribution >= 4 is 28.9 Å². The molecule has 1 aromatic carbocycles. The molecule has 100 valence electrons. The van der Waals surface area contributed by atoms with Crippen molar-refractivity contribution in [3.63, 3.8) is 0 Å². The molecule has 1 atom stereocenters. The maximum Gasteiger partial charge on any atom is 0.0407 e. The summed E-state index contributed by atoms with van der Waals surface area (Å²) < 4.78 is 0. The van der Waals surface area contributed by atoms with Gasteiger partial charge in [0.1, 0.15) is 0 Å². The molecule has 0 spiro atoms. The normalized spacial score (nSPS) is 18.9. The summed E-state index contributed by atoms with van der Waals surface area (Å²) in [7, 11) is 0. The topological polar surface area (TPSA) is 6.48 Å². The molecule has 1 heterocycles. The van der Waals surface area contributed by atoms with E-state index in [2.05, 4.69) is 28.9 Å². The molecule has 1 fully saturated rings. The van der Waals surface area contributed by atoms with Crippen LogP contribution in [0.2, 0.25) is 5.02 Å². The Balaban J connectivity index is 1.84. The number of hydrogen-bond donors (Lipinski definition) is 0. The van der Waals surface area contributed by atoms with Crippen LogP contribution in [-0.4, -0.2) is 43.5 Å². The summed E-state index contributed by atoms with van der Waals surface area (Å²) in [6, 6.07) is 8.11. The zero-order chi connectivity index (χ0) is 13.0. The average Bonchev–Trinajstić information content (AvgIpc) is 2.40. The third kappa shape index (κ3) is 3.78. The Morgan fingerprint density at radius 1 is 1.11 bits per heavy atom. The second-order valence-corrected chi connectivity index (χ2v) is 5.77. The van der Waals surface area contributed by atoms with Crippen LogP contribution in [-0.2, 0) is 0 Å². The van der Waals surface area contributed by atoms with Crippen LogP contribution >= 0.6 is 23.2 Å². The molecule has 4 heteroatoms.